The number of aryl methyl sites for hydroxylation is 1. The van der Waals surface area contributed by atoms with Gasteiger partial charge in [0.05, 0.1) is 5.02 Å². The van der Waals surface area contributed by atoms with E-state index in [0.717, 1.165) is 9.13 Å². The molecule has 21 heavy (non-hydrogen) atoms. The topological polar surface area (TPSA) is 46.2 Å². The van der Waals surface area contributed by atoms with Crippen LogP contribution in [0.5, 0.6) is 0 Å². The van der Waals surface area contributed by atoms with Gasteiger partial charge in [0.1, 0.15) is 4.90 Å². The van der Waals surface area contributed by atoms with E-state index < -0.39 is 10.0 Å². The second-order valence-electron chi connectivity index (χ2n) is 4.48. The molecule has 0 saturated carbocycles. The summed E-state index contributed by atoms with van der Waals surface area (Å²) in [5.74, 6) is 0. The van der Waals surface area contributed by atoms with Gasteiger partial charge >= 0.3 is 0 Å². The fourth-order valence-electron chi connectivity index (χ4n) is 1.70. The van der Waals surface area contributed by atoms with Crippen molar-refractivity contribution in [2.45, 2.75) is 18.4 Å². The maximum absolute atomic E-state index is 12.3. The number of sulfonamides is 1. The van der Waals surface area contributed by atoms with Crippen molar-refractivity contribution in [3.05, 3.63) is 61.1 Å². The van der Waals surface area contributed by atoms with Crippen molar-refractivity contribution in [1.82, 2.24) is 4.72 Å². The first-order valence-corrected chi connectivity index (χ1v) is 9.31. The van der Waals surface area contributed by atoms with Crippen LogP contribution in [0.3, 0.4) is 0 Å². The molecule has 0 unspecified atom stereocenters. The quantitative estimate of drug-likeness (QED) is 0.695. The van der Waals surface area contributed by atoms with E-state index in [4.69, 9.17) is 23.2 Å². The van der Waals surface area contributed by atoms with E-state index in [9.17, 15) is 8.42 Å². The average molecular weight is 456 g/mol. The lowest BCUT2D eigenvalue weighted by Crippen LogP contribution is -2.23. The predicted octanol–water partition coefficient (Wildman–Crippen LogP) is 4.38. The SMILES string of the molecule is Cc1cc(S(=O)(=O)NCc2ccc(I)cc2)c(Cl)cc1Cl. The molecule has 0 bridgehead atoms. The molecule has 0 aliphatic carbocycles. The molecule has 2 aromatic rings. The first-order chi connectivity index (χ1) is 9.79. The molecule has 0 heterocycles. The lowest BCUT2D eigenvalue weighted by atomic mass is 10.2. The smallest absolute Gasteiger partial charge is 0.207 e. The van der Waals surface area contributed by atoms with Gasteiger partial charge in [-0.3, -0.25) is 0 Å². The van der Waals surface area contributed by atoms with Gasteiger partial charge in [-0.25, -0.2) is 13.1 Å². The monoisotopic (exact) mass is 455 g/mol. The van der Waals surface area contributed by atoms with Crippen LogP contribution in [0.15, 0.2) is 41.3 Å². The fraction of sp³-hybridized carbons (Fsp3) is 0.143. The molecule has 2 rings (SSSR count). The second-order valence-corrected chi connectivity index (χ2v) is 8.28. The van der Waals surface area contributed by atoms with Gasteiger partial charge in [0.25, 0.3) is 0 Å². The summed E-state index contributed by atoms with van der Waals surface area (Å²) >= 11 is 14.1. The maximum Gasteiger partial charge on any atom is 0.242 e. The number of benzene rings is 2. The van der Waals surface area contributed by atoms with Gasteiger partial charge in [0.2, 0.25) is 10.0 Å². The zero-order chi connectivity index (χ0) is 15.6. The van der Waals surface area contributed by atoms with Gasteiger partial charge < -0.3 is 0 Å². The summed E-state index contributed by atoms with van der Waals surface area (Å²) in [5.41, 5.74) is 1.54. The highest BCUT2D eigenvalue weighted by Crippen LogP contribution is 2.28. The van der Waals surface area contributed by atoms with E-state index in [1.54, 1.807) is 6.92 Å². The molecule has 112 valence electrons. The Morgan fingerprint density at radius 3 is 2.33 bits per heavy atom. The average Bonchev–Trinajstić information content (AvgIpc) is 2.42. The van der Waals surface area contributed by atoms with Gasteiger partial charge in [-0.2, -0.15) is 0 Å². The van der Waals surface area contributed by atoms with Crippen LogP contribution in [0.2, 0.25) is 10.0 Å². The molecule has 0 aliphatic rings. The molecule has 2 aromatic carbocycles. The van der Waals surface area contributed by atoms with Gasteiger partial charge in [0, 0.05) is 15.1 Å². The van der Waals surface area contributed by atoms with Gasteiger partial charge in [0.15, 0.2) is 0 Å². The van der Waals surface area contributed by atoms with Crippen LogP contribution in [0.4, 0.5) is 0 Å². The molecule has 1 N–H and O–H groups in total. The largest absolute Gasteiger partial charge is 0.242 e. The highest BCUT2D eigenvalue weighted by atomic mass is 127. The van der Waals surface area contributed by atoms with Gasteiger partial charge in [-0.15, -0.1) is 0 Å². The normalized spacial score (nSPS) is 11.6. The van der Waals surface area contributed by atoms with Crippen LogP contribution in [0.25, 0.3) is 0 Å². The first kappa shape index (κ1) is 17.0. The molecule has 0 fully saturated rings. The minimum Gasteiger partial charge on any atom is -0.207 e. The fourth-order valence-corrected chi connectivity index (χ4v) is 3.90. The zero-order valence-corrected chi connectivity index (χ0v) is 15.5. The van der Waals surface area contributed by atoms with Crippen molar-refractivity contribution < 1.29 is 8.42 Å². The van der Waals surface area contributed by atoms with Crippen molar-refractivity contribution >= 4 is 55.8 Å². The van der Waals surface area contributed by atoms with E-state index >= 15 is 0 Å². The van der Waals surface area contributed by atoms with Crippen LogP contribution in [-0.2, 0) is 16.6 Å². The minimum absolute atomic E-state index is 0.0385. The minimum atomic E-state index is -3.68. The molecule has 0 spiro atoms. The lowest BCUT2D eigenvalue weighted by molar-refractivity contribution is 0.581. The van der Waals surface area contributed by atoms with Crippen molar-refractivity contribution in [3.63, 3.8) is 0 Å². The molecule has 0 radical (unpaired) electrons. The highest BCUT2D eigenvalue weighted by molar-refractivity contribution is 14.1. The van der Waals surface area contributed by atoms with Crippen molar-refractivity contribution in [1.29, 1.82) is 0 Å². The molecule has 0 atom stereocenters. The van der Waals surface area contributed by atoms with Gasteiger partial charge in [-0.1, -0.05) is 35.3 Å². The third-order valence-corrected chi connectivity index (χ3v) is 5.87. The maximum atomic E-state index is 12.3. The van der Waals surface area contributed by atoms with E-state index in [1.807, 2.05) is 24.3 Å². The van der Waals surface area contributed by atoms with Crippen LogP contribution in [-0.4, -0.2) is 8.42 Å². The lowest BCUT2D eigenvalue weighted by Gasteiger charge is -2.10. The molecule has 3 nitrogen and oxygen atoms in total. The van der Waals surface area contributed by atoms with Crippen LogP contribution in [0, 0.1) is 10.5 Å². The Hall–Kier alpha value is -0.340. The Kier molecular flexibility index (Phi) is 5.54. The summed E-state index contributed by atoms with van der Waals surface area (Å²) < 4.78 is 28.3. The number of halogens is 3. The summed E-state index contributed by atoms with van der Waals surface area (Å²) in [6.45, 7) is 1.94. The third-order valence-electron chi connectivity index (χ3n) is 2.88. The van der Waals surface area contributed by atoms with Crippen LogP contribution in [0.1, 0.15) is 11.1 Å². The Balaban J connectivity index is 2.22. The van der Waals surface area contributed by atoms with E-state index in [2.05, 4.69) is 27.3 Å². The number of hydrogen-bond acceptors (Lipinski definition) is 2. The molecular weight excluding hydrogens is 444 g/mol. The Labute approximate surface area is 147 Å². The molecule has 0 aliphatic heterocycles. The van der Waals surface area contributed by atoms with E-state index in [-0.39, 0.29) is 16.5 Å². The summed E-state index contributed by atoms with van der Waals surface area (Å²) in [4.78, 5) is 0.0385. The molecule has 0 aromatic heterocycles. The van der Waals surface area contributed by atoms with Crippen molar-refractivity contribution in [3.8, 4) is 0 Å². The van der Waals surface area contributed by atoms with Crippen LogP contribution < -0.4 is 4.72 Å². The first-order valence-electron chi connectivity index (χ1n) is 5.99. The standard InChI is InChI=1S/C14H12Cl2INO2S/c1-9-6-14(13(16)7-12(9)15)21(19,20)18-8-10-2-4-11(17)5-3-10/h2-7,18H,8H2,1H3. The van der Waals surface area contributed by atoms with Gasteiger partial charge in [-0.05, 0) is 64.9 Å². The molecule has 0 amide bonds. The van der Waals surface area contributed by atoms with E-state index in [0.29, 0.717) is 10.6 Å². The number of rotatable bonds is 4. The van der Waals surface area contributed by atoms with Crippen molar-refractivity contribution in [2.24, 2.45) is 0 Å². The third kappa shape index (κ3) is 4.32. The number of nitrogens with one attached hydrogen (secondary N) is 1. The summed E-state index contributed by atoms with van der Waals surface area (Å²) in [5, 5.41) is 0.553. The molecular formula is C14H12Cl2INO2S. The zero-order valence-electron chi connectivity index (χ0n) is 11.0. The summed E-state index contributed by atoms with van der Waals surface area (Å²) in [7, 11) is -3.68. The Bertz CT molecular complexity index is 761. The second kappa shape index (κ2) is 6.83. The Morgan fingerprint density at radius 1 is 1.10 bits per heavy atom. The predicted molar refractivity (Wildman–Crippen MR) is 94.4 cm³/mol. The molecule has 0 saturated heterocycles. The van der Waals surface area contributed by atoms with E-state index in [1.165, 1.54) is 12.1 Å². The highest BCUT2D eigenvalue weighted by Gasteiger charge is 2.19. The number of hydrogen-bond donors (Lipinski definition) is 1. The molecule has 7 heteroatoms. The van der Waals surface area contributed by atoms with Crippen LogP contribution >= 0.6 is 45.8 Å². The summed E-state index contributed by atoms with van der Waals surface area (Å²) in [6, 6.07) is 10.5. The van der Waals surface area contributed by atoms with Crippen molar-refractivity contribution in [2.75, 3.05) is 0 Å². The Morgan fingerprint density at radius 2 is 1.71 bits per heavy atom. The summed E-state index contributed by atoms with van der Waals surface area (Å²) in [6.07, 6.45) is 0.